The minimum atomic E-state index is -0.366. The molecule has 0 fully saturated rings. The van der Waals surface area contributed by atoms with Crippen LogP contribution < -0.4 is 11.1 Å². The average Bonchev–Trinajstić information content (AvgIpc) is 2.98. The van der Waals surface area contributed by atoms with Gasteiger partial charge in [-0.1, -0.05) is 13.0 Å². The minimum Gasteiger partial charge on any atom is -0.349 e. The predicted octanol–water partition coefficient (Wildman–Crippen LogP) is 4.15. The molecule has 128 valence electrons. The van der Waals surface area contributed by atoms with Gasteiger partial charge < -0.3 is 11.1 Å². The fourth-order valence-electron chi connectivity index (χ4n) is 3.46. The van der Waals surface area contributed by atoms with E-state index in [2.05, 4.69) is 5.32 Å². The molecule has 1 atom stereocenters. The minimum absolute atomic E-state index is 0.0437. The van der Waals surface area contributed by atoms with Crippen LogP contribution in [0.4, 0.5) is 17.1 Å². The summed E-state index contributed by atoms with van der Waals surface area (Å²) < 4.78 is 1.77. The molecule has 1 unspecified atom stereocenters. The third kappa shape index (κ3) is 2.05. The van der Waals surface area contributed by atoms with Gasteiger partial charge in [0, 0.05) is 17.3 Å². The van der Waals surface area contributed by atoms with Gasteiger partial charge in [-0.3, -0.25) is 10.1 Å². The van der Waals surface area contributed by atoms with E-state index >= 15 is 0 Å². The first-order chi connectivity index (χ1) is 11.9. The summed E-state index contributed by atoms with van der Waals surface area (Å²) in [5.74, 6) is 0. The van der Waals surface area contributed by atoms with Crippen molar-refractivity contribution in [2.75, 3.05) is 5.32 Å². The number of nitrogens with zero attached hydrogens (tertiary/aromatic N) is 3. The standard InChI is InChI=1S/C18H19N5O2/c1-4-14(19)22-12-7-8-13(23(24)25)17-16(12)18(21-22)15-10(3)9(2)5-6-11(15)20-17/h5-8,14,20H,4,19H2,1-3H3. The summed E-state index contributed by atoms with van der Waals surface area (Å²) in [5.41, 5.74) is 12.4. The van der Waals surface area contributed by atoms with E-state index in [0.717, 1.165) is 45.4 Å². The Morgan fingerprint density at radius 2 is 2.08 bits per heavy atom. The van der Waals surface area contributed by atoms with Gasteiger partial charge in [-0.15, -0.1) is 0 Å². The van der Waals surface area contributed by atoms with Crippen LogP contribution in [0.2, 0.25) is 0 Å². The third-order valence-corrected chi connectivity index (χ3v) is 5.01. The summed E-state index contributed by atoms with van der Waals surface area (Å²) in [6.07, 6.45) is 0.438. The van der Waals surface area contributed by atoms with Gasteiger partial charge in [0.25, 0.3) is 5.69 Å². The second-order valence-electron chi connectivity index (χ2n) is 6.43. The highest BCUT2D eigenvalue weighted by molar-refractivity contribution is 6.12. The Morgan fingerprint density at radius 3 is 2.76 bits per heavy atom. The van der Waals surface area contributed by atoms with Crippen molar-refractivity contribution in [2.24, 2.45) is 5.73 Å². The van der Waals surface area contributed by atoms with Crippen LogP contribution in [0.5, 0.6) is 0 Å². The van der Waals surface area contributed by atoms with Gasteiger partial charge in [0.15, 0.2) is 0 Å². The fraction of sp³-hybridized carbons (Fsp3) is 0.278. The molecule has 2 heterocycles. The Labute approximate surface area is 144 Å². The summed E-state index contributed by atoms with van der Waals surface area (Å²) in [5, 5.41) is 20.3. The van der Waals surface area contributed by atoms with Gasteiger partial charge in [0.2, 0.25) is 0 Å². The smallest absolute Gasteiger partial charge is 0.293 e. The van der Waals surface area contributed by atoms with Crippen LogP contribution in [0.1, 0.15) is 30.6 Å². The first-order valence-electron chi connectivity index (χ1n) is 8.26. The van der Waals surface area contributed by atoms with E-state index in [-0.39, 0.29) is 16.8 Å². The molecule has 0 saturated heterocycles. The van der Waals surface area contributed by atoms with Crippen molar-refractivity contribution < 1.29 is 4.92 Å². The van der Waals surface area contributed by atoms with Gasteiger partial charge >= 0.3 is 0 Å². The zero-order chi connectivity index (χ0) is 17.9. The van der Waals surface area contributed by atoms with Crippen LogP contribution in [0.25, 0.3) is 22.2 Å². The second-order valence-corrected chi connectivity index (χ2v) is 6.43. The molecule has 0 bridgehead atoms. The number of rotatable bonds is 3. The van der Waals surface area contributed by atoms with E-state index in [1.165, 1.54) is 6.07 Å². The maximum atomic E-state index is 11.5. The number of fused-ring (bicyclic) bond motifs is 2. The number of nitrogens with one attached hydrogen (secondary N) is 1. The molecule has 7 heteroatoms. The maximum absolute atomic E-state index is 11.5. The van der Waals surface area contributed by atoms with Crippen molar-refractivity contribution >= 4 is 28.0 Å². The molecular formula is C18H19N5O2. The fourth-order valence-corrected chi connectivity index (χ4v) is 3.46. The van der Waals surface area contributed by atoms with E-state index < -0.39 is 0 Å². The molecule has 3 N–H and O–H groups in total. The molecular weight excluding hydrogens is 318 g/mol. The summed E-state index contributed by atoms with van der Waals surface area (Å²) in [7, 11) is 0. The number of nitrogens with two attached hydrogens (primary N) is 1. The second kappa shape index (κ2) is 5.29. The highest BCUT2D eigenvalue weighted by Crippen LogP contribution is 2.48. The Kier molecular flexibility index (Phi) is 3.30. The van der Waals surface area contributed by atoms with E-state index in [9.17, 15) is 10.1 Å². The van der Waals surface area contributed by atoms with Crippen LogP contribution in [0, 0.1) is 24.0 Å². The Morgan fingerprint density at radius 1 is 1.32 bits per heavy atom. The zero-order valence-electron chi connectivity index (χ0n) is 14.3. The molecule has 1 aromatic heterocycles. The molecule has 0 saturated carbocycles. The van der Waals surface area contributed by atoms with Gasteiger partial charge in [0.1, 0.15) is 11.4 Å². The Bertz CT molecular complexity index is 1040. The van der Waals surface area contributed by atoms with Gasteiger partial charge in [-0.2, -0.15) is 5.10 Å². The van der Waals surface area contributed by atoms with Crippen LogP contribution in [0.15, 0.2) is 24.3 Å². The lowest BCUT2D eigenvalue weighted by molar-refractivity contribution is -0.383. The summed E-state index contributed by atoms with van der Waals surface area (Å²) in [4.78, 5) is 11.1. The topological polar surface area (TPSA) is 99.0 Å². The molecule has 0 amide bonds. The quantitative estimate of drug-likeness (QED) is 0.432. The largest absolute Gasteiger partial charge is 0.349 e. The molecule has 3 aromatic rings. The molecule has 7 nitrogen and oxygen atoms in total. The maximum Gasteiger partial charge on any atom is 0.293 e. The van der Waals surface area contributed by atoms with Crippen molar-refractivity contribution in [2.45, 2.75) is 33.4 Å². The summed E-state index contributed by atoms with van der Waals surface area (Å²) >= 11 is 0. The van der Waals surface area contributed by atoms with E-state index in [1.54, 1.807) is 10.7 Å². The molecule has 1 aliphatic heterocycles. The first kappa shape index (κ1) is 15.6. The molecule has 0 radical (unpaired) electrons. The number of aryl methyl sites for hydroxylation is 1. The summed E-state index contributed by atoms with van der Waals surface area (Å²) in [6, 6.07) is 7.21. The summed E-state index contributed by atoms with van der Waals surface area (Å²) in [6.45, 7) is 6.08. The number of benzene rings is 2. The lowest BCUT2D eigenvalue weighted by Crippen LogP contribution is -2.18. The molecule has 2 aromatic carbocycles. The highest BCUT2D eigenvalue weighted by atomic mass is 16.6. The molecule has 0 spiro atoms. The molecule has 0 aliphatic carbocycles. The predicted molar refractivity (Wildman–Crippen MR) is 98.1 cm³/mol. The molecule has 25 heavy (non-hydrogen) atoms. The number of anilines is 2. The number of hydrogen-bond donors (Lipinski definition) is 2. The SMILES string of the molecule is CCC(N)n1nc2c3c(c([N+](=O)[O-])ccc31)Nc1ccc(C)c(C)c1-2. The van der Waals surface area contributed by atoms with Crippen molar-refractivity contribution in [3.8, 4) is 11.3 Å². The van der Waals surface area contributed by atoms with Crippen molar-refractivity contribution in [1.82, 2.24) is 9.78 Å². The monoisotopic (exact) mass is 337 g/mol. The Balaban J connectivity index is 2.16. The Hall–Kier alpha value is -2.93. The third-order valence-electron chi connectivity index (χ3n) is 5.01. The van der Waals surface area contributed by atoms with E-state index in [1.807, 2.05) is 32.9 Å². The van der Waals surface area contributed by atoms with Crippen LogP contribution in [0.3, 0.4) is 0 Å². The normalized spacial score (nSPS) is 13.4. The van der Waals surface area contributed by atoms with Crippen LogP contribution in [-0.4, -0.2) is 14.7 Å². The lowest BCUT2D eigenvalue weighted by atomic mass is 9.93. The highest BCUT2D eigenvalue weighted by Gasteiger charge is 2.31. The van der Waals surface area contributed by atoms with E-state index in [4.69, 9.17) is 10.8 Å². The van der Waals surface area contributed by atoms with Gasteiger partial charge in [0.05, 0.1) is 22.0 Å². The lowest BCUT2D eigenvalue weighted by Gasteiger charge is -2.20. The van der Waals surface area contributed by atoms with Gasteiger partial charge in [-0.25, -0.2) is 4.68 Å². The van der Waals surface area contributed by atoms with E-state index in [0.29, 0.717) is 5.69 Å². The van der Waals surface area contributed by atoms with Crippen molar-refractivity contribution in [3.05, 3.63) is 45.5 Å². The average molecular weight is 337 g/mol. The first-order valence-corrected chi connectivity index (χ1v) is 8.26. The number of nitro groups is 1. The van der Waals surface area contributed by atoms with Crippen molar-refractivity contribution in [1.29, 1.82) is 0 Å². The number of aromatic nitrogens is 2. The van der Waals surface area contributed by atoms with Crippen LogP contribution >= 0.6 is 0 Å². The molecule has 1 aliphatic rings. The zero-order valence-corrected chi connectivity index (χ0v) is 14.3. The van der Waals surface area contributed by atoms with Crippen LogP contribution in [-0.2, 0) is 0 Å². The number of hydrogen-bond acceptors (Lipinski definition) is 5. The van der Waals surface area contributed by atoms with Crippen molar-refractivity contribution in [3.63, 3.8) is 0 Å². The van der Waals surface area contributed by atoms with Gasteiger partial charge in [-0.05, 0) is 43.5 Å². The molecule has 4 rings (SSSR count). The number of nitro benzene ring substituents is 1.